The average molecular weight is 279 g/mol. The van der Waals surface area contributed by atoms with E-state index < -0.39 is 11.9 Å². The molecule has 1 atom stereocenters. The second kappa shape index (κ2) is 7.47. The van der Waals surface area contributed by atoms with Gasteiger partial charge in [0.1, 0.15) is 0 Å². The molecule has 0 aromatic carbocycles. The summed E-state index contributed by atoms with van der Waals surface area (Å²) in [5.41, 5.74) is 1.87. The zero-order chi connectivity index (χ0) is 15.1. The maximum atomic E-state index is 11.8. The molecule has 0 bridgehead atoms. The smallest absolute Gasteiger partial charge is 0.317 e. The van der Waals surface area contributed by atoms with Crippen LogP contribution in [-0.2, 0) is 11.2 Å². The number of carboxylic acid groups (broad SMARTS) is 1. The van der Waals surface area contributed by atoms with E-state index in [1.807, 2.05) is 25.1 Å². The molecule has 0 spiro atoms. The number of nitrogens with zero attached hydrogens (tertiary/aromatic N) is 2. The van der Waals surface area contributed by atoms with Crippen LogP contribution < -0.4 is 5.32 Å². The number of amides is 2. The molecule has 1 heterocycles. The van der Waals surface area contributed by atoms with Crippen LogP contribution in [0.2, 0.25) is 0 Å². The Morgan fingerprint density at radius 1 is 1.45 bits per heavy atom. The Morgan fingerprint density at radius 2 is 2.15 bits per heavy atom. The van der Waals surface area contributed by atoms with Gasteiger partial charge in [0.15, 0.2) is 0 Å². The van der Waals surface area contributed by atoms with Crippen molar-refractivity contribution in [1.82, 2.24) is 15.2 Å². The second-order valence-electron chi connectivity index (χ2n) is 4.87. The molecule has 0 radical (unpaired) electrons. The zero-order valence-corrected chi connectivity index (χ0v) is 12.1. The zero-order valence-electron chi connectivity index (χ0n) is 12.1. The van der Waals surface area contributed by atoms with Gasteiger partial charge in [-0.05, 0) is 19.1 Å². The van der Waals surface area contributed by atoms with Gasteiger partial charge in [0.25, 0.3) is 0 Å². The standard InChI is InChI=1S/C14H21N3O3/c1-10(13(18)19)9-17(3)14(20)15-8-7-12-6-4-5-11(2)16-12/h4-6,10H,7-9H2,1-3H3,(H,15,20)(H,18,19). The van der Waals surface area contributed by atoms with E-state index in [0.29, 0.717) is 13.0 Å². The van der Waals surface area contributed by atoms with Crippen molar-refractivity contribution in [3.05, 3.63) is 29.6 Å². The molecule has 6 nitrogen and oxygen atoms in total. The number of nitrogens with one attached hydrogen (secondary N) is 1. The van der Waals surface area contributed by atoms with Gasteiger partial charge in [-0.3, -0.25) is 9.78 Å². The molecule has 1 aromatic heterocycles. The van der Waals surface area contributed by atoms with Gasteiger partial charge in [-0.25, -0.2) is 4.79 Å². The molecule has 0 aliphatic carbocycles. The van der Waals surface area contributed by atoms with Crippen molar-refractivity contribution in [2.75, 3.05) is 20.1 Å². The maximum absolute atomic E-state index is 11.8. The minimum Gasteiger partial charge on any atom is -0.481 e. The van der Waals surface area contributed by atoms with Gasteiger partial charge in [-0.1, -0.05) is 13.0 Å². The highest BCUT2D eigenvalue weighted by Gasteiger charge is 2.16. The van der Waals surface area contributed by atoms with E-state index in [1.165, 1.54) is 4.90 Å². The predicted octanol–water partition coefficient (Wildman–Crippen LogP) is 1.29. The number of carbonyl (C=O) groups is 2. The molecule has 110 valence electrons. The van der Waals surface area contributed by atoms with Gasteiger partial charge in [-0.15, -0.1) is 0 Å². The molecule has 0 fully saturated rings. The quantitative estimate of drug-likeness (QED) is 0.822. The number of hydrogen-bond donors (Lipinski definition) is 2. The lowest BCUT2D eigenvalue weighted by Crippen LogP contribution is -2.41. The summed E-state index contributed by atoms with van der Waals surface area (Å²) in [6.45, 7) is 4.15. The third kappa shape index (κ3) is 5.26. The van der Waals surface area contributed by atoms with Crippen molar-refractivity contribution in [2.24, 2.45) is 5.92 Å². The first-order valence-corrected chi connectivity index (χ1v) is 6.54. The van der Waals surface area contributed by atoms with E-state index in [4.69, 9.17) is 5.11 Å². The van der Waals surface area contributed by atoms with Gasteiger partial charge >= 0.3 is 12.0 Å². The van der Waals surface area contributed by atoms with Crippen molar-refractivity contribution in [1.29, 1.82) is 0 Å². The van der Waals surface area contributed by atoms with Crippen molar-refractivity contribution in [3.8, 4) is 0 Å². The Morgan fingerprint density at radius 3 is 2.75 bits per heavy atom. The Hall–Kier alpha value is -2.11. The van der Waals surface area contributed by atoms with Crippen molar-refractivity contribution < 1.29 is 14.7 Å². The first kappa shape index (κ1) is 15.9. The first-order chi connectivity index (χ1) is 9.40. The number of urea groups is 1. The molecule has 0 aliphatic rings. The number of carbonyl (C=O) groups excluding carboxylic acids is 1. The number of hydrogen-bond acceptors (Lipinski definition) is 3. The summed E-state index contributed by atoms with van der Waals surface area (Å²) in [5, 5.41) is 11.5. The van der Waals surface area contributed by atoms with Crippen LogP contribution in [-0.4, -0.2) is 47.1 Å². The van der Waals surface area contributed by atoms with Gasteiger partial charge in [-0.2, -0.15) is 0 Å². The monoisotopic (exact) mass is 279 g/mol. The largest absolute Gasteiger partial charge is 0.481 e. The summed E-state index contributed by atoms with van der Waals surface area (Å²) in [6, 6.07) is 5.49. The fourth-order valence-electron chi connectivity index (χ4n) is 1.74. The normalized spacial score (nSPS) is 11.8. The maximum Gasteiger partial charge on any atom is 0.317 e. The number of carboxylic acids is 1. The molecule has 1 aromatic rings. The Labute approximate surface area is 118 Å². The van der Waals surface area contributed by atoms with Crippen molar-refractivity contribution in [3.63, 3.8) is 0 Å². The Kier molecular flexibility index (Phi) is 5.96. The third-order valence-corrected chi connectivity index (χ3v) is 2.92. The number of pyridine rings is 1. The number of aryl methyl sites for hydroxylation is 1. The second-order valence-corrected chi connectivity index (χ2v) is 4.87. The van der Waals surface area contributed by atoms with Crippen LogP contribution in [0.3, 0.4) is 0 Å². The Balaban J connectivity index is 2.34. The number of rotatable bonds is 6. The van der Waals surface area contributed by atoms with E-state index in [1.54, 1.807) is 14.0 Å². The molecule has 6 heteroatoms. The fraction of sp³-hybridized carbons (Fsp3) is 0.500. The number of aromatic nitrogens is 1. The molecule has 0 saturated heterocycles. The van der Waals surface area contributed by atoms with Crippen LogP contribution in [0.4, 0.5) is 4.79 Å². The summed E-state index contributed by atoms with van der Waals surface area (Å²) in [4.78, 5) is 28.2. The lowest BCUT2D eigenvalue weighted by molar-refractivity contribution is -0.141. The van der Waals surface area contributed by atoms with Crippen LogP contribution in [0.15, 0.2) is 18.2 Å². The van der Waals surface area contributed by atoms with Crippen LogP contribution in [0.25, 0.3) is 0 Å². The highest BCUT2D eigenvalue weighted by Crippen LogP contribution is 2.00. The predicted molar refractivity (Wildman–Crippen MR) is 75.5 cm³/mol. The summed E-state index contributed by atoms with van der Waals surface area (Å²) in [6.07, 6.45) is 0.649. The first-order valence-electron chi connectivity index (χ1n) is 6.54. The van der Waals surface area contributed by atoms with Crippen molar-refractivity contribution in [2.45, 2.75) is 20.3 Å². The molecule has 20 heavy (non-hydrogen) atoms. The average Bonchev–Trinajstić information content (AvgIpc) is 2.38. The minimum atomic E-state index is -0.909. The van der Waals surface area contributed by atoms with E-state index >= 15 is 0 Å². The van der Waals surface area contributed by atoms with Gasteiger partial charge in [0.05, 0.1) is 5.92 Å². The van der Waals surface area contributed by atoms with E-state index in [0.717, 1.165) is 11.4 Å². The van der Waals surface area contributed by atoms with Crippen LogP contribution in [0.1, 0.15) is 18.3 Å². The van der Waals surface area contributed by atoms with Crippen LogP contribution >= 0.6 is 0 Å². The van der Waals surface area contributed by atoms with Gasteiger partial charge < -0.3 is 15.3 Å². The SMILES string of the molecule is Cc1cccc(CCNC(=O)N(C)CC(C)C(=O)O)n1. The molecular formula is C14H21N3O3. The topological polar surface area (TPSA) is 82.5 Å². The summed E-state index contributed by atoms with van der Waals surface area (Å²) in [5.74, 6) is -1.49. The molecular weight excluding hydrogens is 258 g/mol. The molecule has 1 unspecified atom stereocenters. The molecule has 2 amide bonds. The molecule has 2 N–H and O–H groups in total. The minimum absolute atomic E-state index is 0.184. The Bertz CT molecular complexity index is 476. The van der Waals surface area contributed by atoms with E-state index in [-0.39, 0.29) is 12.6 Å². The van der Waals surface area contributed by atoms with Gasteiger partial charge in [0.2, 0.25) is 0 Å². The van der Waals surface area contributed by atoms with Gasteiger partial charge in [0, 0.05) is 37.9 Å². The summed E-state index contributed by atoms with van der Waals surface area (Å²) in [7, 11) is 1.58. The fourth-order valence-corrected chi connectivity index (χ4v) is 1.74. The summed E-state index contributed by atoms with van der Waals surface area (Å²) < 4.78 is 0. The van der Waals surface area contributed by atoms with E-state index in [2.05, 4.69) is 10.3 Å². The summed E-state index contributed by atoms with van der Waals surface area (Å²) >= 11 is 0. The molecule has 1 rings (SSSR count). The lowest BCUT2D eigenvalue weighted by Gasteiger charge is -2.19. The van der Waals surface area contributed by atoms with Crippen LogP contribution in [0.5, 0.6) is 0 Å². The molecule has 0 aliphatic heterocycles. The number of aliphatic carboxylic acids is 1. The van der Waals surface area contributed by atoms with Crippen LogP contribution in [0, 0.1) is 12.8 Å². The molecule has 0 saturated carbocycles. The highest BCUT2D eigenvalue weighted by molar-refractivity contribution is 5.75. The highest BCUT2D eigenvalue weighted by atomic mass is 16.4. The van der Waals surface area contributed by atoms with E-state index in [9.17, 15) is 9.59 Å². The third-order valence-electron chi connectivity index (χ3n) is 2.92. The lowest BCUT2D eigenvalue weighted by atomic mass is 10.2. The van der Waals surface area contributed by atoms with Crippen molar-refractivity contribution >= 4 is 12.0 Å².